The Kier molecular flexibility index (Phi) is 14.0. The van der Waals surface area contributed by atoms with E-state index in [4.69, 9.17) is 0 Å². The highest BCUT2D eigenvalue weighted by Crippen LogP contribution is 2.24. The van der Waals surface area contributed by atoms with Gasteiger partial charge < -0.3 is 0 Å². The monoisotopic (exact) mass is 391 g/mol. The summed E-state index contributed by atoms with van der Waals surface area (Å²) in [6.07, 6.45) is 17.9. The summed E-state index contributed by atoms with van der Waals surface area (Å²) in [5.41, 5.74) is 0. The molecule has 27 heavy (non-hydrogen) atoms. The third-order valence-corrected chi connectivity index (χ3v) is 6.84. The largest absolute Gasteiger partial charge is 0.265 e. The highest BCUT2D eigenvalue weighted by atomic mass is 32.2. The topological polar surface area (TPSA) is 12.9 Å². The van der Waals surface area contributed by atoms with Gasteiger partial charge in [0.05, 0.1) is 0 Å². The number of hydrogen-bond donors (Lipinski definition) is 0. The van der Waals surface area contributed by atoms with Crippen LogP contribution in [0.1, 0.15) is 98.8 Å². The Morgan fingerprint density at radius 3 is 1.59 bits per heavy atom. The summed E-state index contributed by atoms with van der Waals surface area (Å²) < 4.78 is 0. The number of nitrogens with zero attached hydrogens (tertiary/aromatic N) is 1. The molecule has 0 aliphatic carbocycles. The third kappa shape index (κ3) is 14.2. The van der Waals surface area contributed by atoms with E-state index in [0.29, 0.717) is 0 Å². The molecule has 1 aromatic rings. The van der Waals surface area contributed by atoms with Crippen molar-refractivity contribution in [2.75, 3.05) is 5.75 Å². The maximum Gasteiger partial charge on any atom is 0.0278 e. The number of thioether (sulfide) groups is 1. The van der Waals surface area contributed by atoms with Gasteiger partial charge in [-0.2, -0.15) is 0 Å². The Labute approximate surface area is 174 Å². The van der Waals surface area contributed by atoms with Crippen molar-refractivity contribution in [1.82, 2.24) is 4.98 Å². The van der Waals surface area contributed by atoms with E-state index < -0.39 is 0 Å². The first kappa shape index (κ1) is 24.5. The minimum absolute atomic E-state index is 0.854. The number of rotatable bonds is 16. The molecule has 0 amide bonds. The first-order valence-corrected chi connectivity index (χ1v) is 12.5. The molecule has 0 saturated heterocycles. The fourth-order valence-electron chi connectivity index (χ4n) is 3.75. The summed E-state index contributed by atoms with van der Waals surface area (Å²) >= 11 is 1.97. The molecular formula is C25H45NS. The van der Waals surface area contributed by atoms with E-state index in [1.165, 1.54) is 74.9 Å². The lowest BCUT2D eigenvalue weighted by Crippen LogP contribution is -2.02. The second-order valence-electron chi connectivity index (χ2n) is 9.32. The van der Waals surface area contributed by atoms with Crippen LogP contribution in [0.2, 0.25) is 0 Å². The van der Waals surface area contributed by atoms with Gasteiger partial charge in [-0.1, -0.05) is 92.4 Å². The molecule has 0 aliphatic heterocycles. The maximum atomic E-state index is 4.08. The summed E-state index contributed by atoms with van der Waals surface area (Å²) in [4.78, 5) is 5.43. The molecule has 2 heteroatoms. The molecule has 0 radical (unpaired) electrons. The maximum absolute atomic E-state index is 4.08. The second-order valence-corrected chi connectivity index (χ2v) is 10.5. The van der Waals surface area contributed by atoms with E-state index in [1.54, 1.807) is 0 Å². The smallest absolute Gasteiger partial charge is 0.0278 e. The lowest BCUT2D eigenvalue weighted by atomic mass is 9.91. The van der Waals surface area contributed by atoms with Gasteiger partial charge in [-0.3, -0.25) is 4.98 Å². The second kappa shape index (κ2) is 15.4. The van der Waals surface area contributed by atoms with Crippen LogP contribution in [0.3, 0.4) is 0 Å². The lowest BCUT2D eigenvalue weighted by Gasteiger charge is -2.16. The van der Waals surface area contributed by atoms with Crippen LogP contribution < -0.4 is 0 Å². The quantitative estimate of drug-likeness (QED) is 0.261. The molecule has 0 N–H and O–H groups in total. The van der Waals surface area contributed by atoms with Crippen molar-refractivity contribution >= 4 is 11.8 Å². The minimum atomic E-state index is 0.854. The van der Waals surface area contributed by atoms with Gasteiger partial charge >= 0.3 is 0 Å². The van der Waals surface area contributed by atoms with E-state index in [2.05, 4.69) is 51.7 Å². The molecular weight excluding hydrogens is 346 g/mol. The SMILES string of the molecule is CC(C)CCCC(C)CCCC(C)CCCC(C)CCSc1ccncc1. The summed E-state index contributed by atoms with van der Waals surface area (Å²) in [6, 6.07) is 4.23. The first-order chi connectivity index (χ1) is 13.0. The van der Waals surface area contributed by atoms with Crippen LogP contribution in [0.25, 0.3) is 0 Å². The van der Waals surface area contributed by atoms with Gasteiger partial charge in [-0.05, 0) is 48.0 Å². The fraction of sp³-hybridized carbons (Fsp3) is 0.800. The van der Waals surface area contributed by atoms with Crippen LogP contribution in [0.15, 0.2) is 29.4 Å². The number of aromatic nitrogens is 1. The molecule has 0 bridgehead atoms. The Morgan fingerprint density at radius 1 is 0.667 bits per heavy atom. The van der Waals surface area contributed by atoms with Gasteiger partial charge in [0.15, 0.2) is 0 Å². The van der Waals surface area contributed by atoms with E-state index in [0.717, 1.165) is 23.7 Å². The summed E-state index contributed by atoms with van der Waals surface area (Å²) in [5.74, 6) is 4.79. The molecule has 1 aromatic heterocycles. The molecule has 0 aromatic carbocycles. The van der Waals surface area contributed by atoms with Crippen LogP contribution in [-0.4, -0.2) is 10.7 Å². The van der Waals surface area contributed by atoms with Gasteiger partial charge in [0.1, 0.15) is 0 Å². The number of hydrogen-bond acceptors (Lipinski definition) is 2. The first-order valence-electron chi connectivity index (χ1n) is 11.5. The van der Waals surface area contributed by atoms with E-state index in [-0.39, 0.29) is 0 Å². The summed E-state index contributed by atoms with van der Waals surface area (Å²) in [5, 5.41) is 0. The Balaban J connectivity index is 1.97. The van der Waals surface area contributed by atoms with Crippen LogP contribution in [0.4, 0.5) is 0 Å². The van der Waals surface area contributed by atoms with Gasteiger partial charge in [0.2, 0.25) is 0 Å². The van der Waals surface area contributed by atoms with Gasteiger partial charge in [-0.25, -0.2) is 0 Å². The van der Waals surface area contributed by atoms with Gasteiger partial charge in [-0.15, -0.1) is 11.8 Å². The van der Waals surface area contributed by atoms with Crippen molar-refractivity contribution in [2.24, 2.45) is 23.7 Å². The lowest BCUT2D eigenvalue weighted by molar-refractivity contribution is 0.377. The zero-order valence-electron chi connectivity index (χ0n) is 18.8. The molecule has 0 aliphatic rings. The van der Waals surface area contributed by atoms with Crippen molar-refractivity contribution in [3.05, 3.63) is 24.5 Å². The van der Waals surface area contributed by atoms with E-state index in [9.17, 15) is 0 Å². The van der Waals surface area contributed by atoms with Crippen LogP contribution >= 0.6 is 11.8 Å². The van der Waals surface area contributed by atoms with E-state index >= 15 is 0 Å². The average Bonchev–Trinajstić information content (AvgIpc) is 2.62. The summed E-state index contributed by atoms with van der Waals surface area (Å²) in [6.45, 7) is 12.0. The third-order valence-electron chi connectivity index (χ3n) is 5.80. The Bertz CT molecular complexity index is 445. The van der Waals surface area contributed by atoms with Crippen molar-refractivity contribution in [3.8, 4) is 0 Å². The highest BCUT2D eigenvalue weighted by molar-refractivity contribution is 7.99. The minimum Gasteiger partial charge on any atom is -0.265 e. The Hall–Kier alpha value is -0.500. The van der Waals surface area contributed by atoms with Crippen LogP contribution in [-0.2, 0) is 0 Å². The van der Waals surface area contributed by atoms with Crippen molar-refractivity contribution in [3.63, 3.8) is 0 Å². The standard InChI is InChI=1S/C25H45NS/c1-21(2)9-6-10-22(3)11-7-12-23(4)13-8-14-24(5)17-20-27-25-15-18-26-19-16-25/h15-16,18-19,21-24H,6-14,17,20H2,1-5H3. The Morgan fingerprint density at radius 2 is 1.11 bits per heavy atom. The van der Waals surface area contributed by atoms with Crippen molar-refractivity contribution < 1.29 is 0 Å². The molecule has 1 heterocycles. The van der Waals surface area contributed by atoms with Crippen molar-refractivity contribution in [1.29, 1.82) is 0 Å². The van der Waals surface area contributed by atoms with Gasteiger partial charge in [0, 0.05) is 17.3 Å². The molecule has 1 nitrogen and oxygen atoms in total. The van der Waals surface area contributed by atoms with Crippen molar-refractivity contribution in [2.45, 2.75) is 104 Å². The molecule has 3 unspecified atom stereocenters. The molecule has 1 rings (SSSR count). The highest BCUT2D eigenvalue weighted by Gasteiger charge is 2.08. The summed E-state index contributed by atoms with van der Waals surface area (Å²) in [7, 11) is 0. The zero-order valence-corrected chi connectivity index (χ0v) is 19.6. The fourth-order valence-corrected chi connectivity index (χ4v) is 4.82. The molecule has 3 atom stereocenters. The van der Waals surface area contributed by atoms with Crippen LogP contribution in [0.5, 0.6) is 0 Å². The molecule has 0 fully saturated rings. The predicted molar refractivity (Wildman–Crippen MR) is 123 cm³/mol. The predicted octanol–water partition coefficient (Wildman–Crippen LogP) is 8.64. The normalized spacial score (nSPS) is 15.0. The van der Waals surface area contributed by atoms with Gasteiger partial charge in [0.25, 0.3) is 0 Å². The molecule has 156 valence electrons. The van der Waals surface area contributed by atoms with E-state index in [1.807, 2.05) is 24.2 Å². The van der Waals surface area contributed by atoms with Crippen LogP contribution in [0, 0.1) is 23.7 Å². The number of pyridine rings is 1. The average molecular weight is 392 g/mol. The molecule has 0 saturated carbocycles. The zero-order chi connectivity index (χ0) is 19.9. The molecule has 0 spiro atoms.